The molecule has 0 saturated carbocycles. The van der Waals surface area contributed by atoms with E-state index in [4.69, 9.17) is 0 Å². The highest BCUT2D eigenvalue weighted by Gasteiger charge is 2.17. The normalized spacial score (nSPS) is 13.5. The number of nitrogens with one attached hydrogen (secondary N) is 1. The molecule has 0 unspecified atom stereocenters. The van der Waals surface area contributed by atoms with Crippen LogP contribution in [0, 0.1) is 0 Å². The first-order valence-corrected chi connectivity index (χ1v) is 7.42. The van der Waals surface area contributed by atoms with Crippen molar-refractivity contribution in [2.24, 2.45) is 0 Å². The zero-order chi connectivity index (χ0) is 14.3. The Morgan fingerprint density at radius 2 is 1.63 bits per heavy atom. The summed E-state index contributed by atoms with van der Waals surface area (Å²) in [5.41, 5.74) is 1.01. The summed E-state index contributed by atoms with van der Waals surface area (Å²) in [6, 6.07) is 11.2. The van der Waals surface area contributed by atoms with Crippen LogP contribution in [0.3, 0.4) is 0 Å². The number of aliphatic hydroxyl groups excluding tert-OH is 1. The van der Waals surface area contributed by atoms with Crippen LogP contribution in [0.5, 0.6) is 0 Å². The molecule has 0 aliphatic heterocycles. The average molecular weight is 266 g/mol. The molecule has 0 spiro atoms. The van der Waals surface area contributed by atoms with Gasteiger partial charge in [0.15, 0.2) is 0 Å². The van der Waals surface area contributed by atoms with Crippen LogP contribution in [-0.2, 0) is 0 Å². The van der Waals surface area contributed by atoms with Crippen molar-refractivity contribution in [1.82, 2.24) is 0 Å². The van der Waals surface area contributed by atoms with E-state index >= 15 is 0 Å². The van der Waals surface area contributed by atoms with E-state index in [1.54, 1.807) is 4.90 Å². The lowest BCUT2D eigenvalue weighted by Crippen LogP contribution is -3.19. The molecule has 1 atom stereocenters. The fourth-order valence-corrected chi connectivity index (χ4v) is 2.60. The molecule has 0 saturated heterocycles. The van der Waals surface area contributed by atoms with Crippen LogP contribution in [-0.4, -0.2) is 36.8 Å². The number of quaternary nitrogens is 2. The van der Waals surface area contributed by atoms with Crippen LogP contribution in [0.15, 0.2) is 30.3 Å². The second-order valence-electron chi connectivity index (χ2n) is 5.87. The molecule has 0 bridgehead atoms. The van der Waals surface area contributed by atoms with Crippen LogP contribution < -0.4 is 10.2 Å². The number of rotatable bonds is 8. The number of hydrogen-bond donors (Lipinski definition) is 3. The maximum atomic E-state index is 10.1. The Hall–Kier alpha value is -0.900. The monoisotopic (exact) mass is 266 g/mol. The molecule has 3 nitrogen and oxygen atoms in total. The Morgan fingerprint density at radius 3 is 2.16 bits per heavy atom. The fourth-order valence-electron chi connectivity index (χ4n) is 2.60. The van der Waals surface area contributed by atoms with Crippen LogP contribution in [0.1, 0.15) is 39.4 Å². The van der Waals surface area contributed by atoms with E-state index in [1.165, 1.54) is 0 Å². The van der Waals surface area contributed by atoms with Gasteiger partial charge in [-0.05, 0) is 33.3 Å². The Morgan fingerprint density at radius 1 is 1.05 bits per heavy atom. The second kappa shape index (κ2) is 8.31. The van der Waals surface area contributed by atoms with Gasteiger partial charge in [0.05, 0.1) is 12.1 Å². The Labute approximate surface area is 117 Å². The first-order valence-electron chi connectivity index (χ1n) is 7.42. The van der Waals surface area contributed by atoms with Gasteiger partial charge in [0.2, 0.25) is 0 Å². The van der Waals surface area contributed by atoms with Crippen molar-refractivity contribution < 1.29 is 15.3 Å². The molecule has 1 aromatic rings. The van der Waals surface area contributed by atoms with E-state index in [0.717, 1.165) is 25.2 Å². The standard InChI is InChI=1S/C16H28N2O/c1-13(2)18(14(3)4)11-10-17-12-16(19)15-8-6-5-7-9-15/h5-9,13-14,16-17,19H,10-12H2,1-4H3/p+2/t16-/m1/s1. The summed E-state index contributed by atoms with van der Waals surface area (Å²) < 4.78 is 0. The first kappa shape index (κ1) is 16.2. The Balaban J connectivity index is 2.27. The number of nitrogens with two attached hydrogens (primary N) is 1. The lowest BCUT2D eigenvalue weighted by molar-refractivity contribution is -0.952. The summed E-state index contributed by atoms with van der Waals surface area (Å²) in [7, 11) is 0. The molecule has 0 aliphatic carbocycles. The van der Waals surface area contributed by atoms with E-state index in [-0.39, 0.29) is 6.10 Å². The molecule has 0 aliphatic rings. The topological polar surface area (TPSA) is 41.3 Å². The smallest absolute Gasteiger partial charge is 0.128 e. The van der Waals surface area contributed by atoms with Gasteiger partial charge < -0.3 is 15.3 Å². The molecule has 0 aromatic heterocycles. The molecule has 1 rings (SSSR count). The fraction of sp³-hybridized carbons (Fsp3) is 0.625. The third-order valence-corrected chi connectivity index (χ3v) is 3.69. The zero-order valence-electron chi connectivity index (χ0n) is 12.8. The van der Waals surface area contributed by atoms with Crippen LogP contribution in [0.25, 0.3) is 0 Å². The summed E-state index contributed by atoms with van der Waals surface area (Å²) in [5.74, 6) is 0. The van der Waals surface area contributed by atoms with Gasteiger partial charge in [-0.3, -0.25) is 0 Å². The van der Waals surface area contributed by atoms with Gasteiger partial charge in [0, 0.05) is 0 Å². The molecule has 0 amide bonds. The third kappa shape index (κ3) is 5.72. The van der Waals surface area contributed by atoms with E-state index in [0.29, 0.717) is 12.1 Å². The van der Waals surface area contributed by atoms with Crippen molar-refractivity contribution in [2.75, 3.05) is 19.6 Å². The van der Waals surface area contributed by atoms with Gasteiger partial charge in [-0.2, -0.15) is 0 Å². The van der Waals surface area contributed by atoms with Crippen molar-refractivity contribution in [2.45, 2.75) is 45.9 Å². The quantitative estimate of drug-likeness (QED) is 0.569. The van der Waals surface area contributed by atoms with Gasteiger partial charge in [-0.1, -0.05) is 30.3 Å². The minimum atomic E-state index is -0.359. The van der Waals surface area contributed by atoms with E-state index in [1.807, 2.05) is 30.3 Å². The zero-order valence-corrected chi connectivity index (χ0v) is 12.8. The molecule has 3 heteroatoms. The highest BCUT2D eigenvalue weighted by atomic mass is 16.3. The van der Waals surface area contributed by atoms with E-state index < -0.39 is 0 Å². The maximum absolute atomic E-state index is 10.1. The number of benzene rings is 1. The van der Waals surface area contributed by atoms with Crippen molar-refractivity contribution in [3.05, 3.63) is 35.9 Å². The number of hydrogen-bond acceptors (Lipinski definition) is 1. The summed E-state index contributed by atoms with van der Waals surface area (Å²) in [5, 5.41) is 12.3. The van der Waals surface area contributed by atoms with Gasteiger partial charge in [0.25, 0.3) is 0 Å². The SMILES string of the molecule is CC(C)[NH+](CC[NH2+]C[C@@H](O)c1ccccc1)C(C)C. The third-order valence-electron chi connectivity index (χ3n) is 3.69. The largest absolute Gasteiger partial charge is 0.382 e. The molecular formula is C16H30N2O+2. The van der Waals surface area contributed by atoms with Crippen molar-refractivity contribution in [3.8, 4) is 0 Å². The molecule has 4 N–H and O–H groups in total. The number of aliphatic hydroxyl groups is 1. The molecular weight excluding hydrogens is 236 g/mol. The van der Waals surface area contributed by atoms with Crippen LogP contribution in [0.4, 0.5) is 0 Å². The van der Waals surface area contributed by atoms with E-state index in [9.17, 15) is 5.11 Å². The summed E-state index contributed by atoms with van der Waals surface area (Å²) in [4.78, 5) is 1.63. The Bertz CT molecular complexity index is 330. The minimum Gasteiger partial charge on any atom is -0.382 e. The van der Waals surface area contributed by atoms with Crippen LogP contribution >= 0.6 is 0 Å². The predicted octanol–water partition coefficient (Wildman–Crippen LogP) is -0.0149. The molecule has 0 heterocycles. The average Bonchev–Trinajstić information content (AvgIpc) is 2.38. The summed E-state index contributed by atoms with van der Waals surface area (Å²) in [6.07, 6.45) is -0.359. The van der Waals surface area contributed by atoms with Crippen LogP contribution in [0.2, 0.25) is 0 Å². The highest BCUT2D eigenvalue weighted by molar-refractivity contribution is 5.16. The molecule has 0 fully saturated rings. The Kier molecular flexibility index (Phi) is 7.06. The van der Waals surface area contributed by atoms with Gasteiger partial charge in [0.1, 0.15) is 25.7 Å². The first-order chi connectivity index (χ1) is 9.02. The second-order valence-corrected chi connectivity index (χ2v) is 5.87. The van der Waals surface area contributed by atoms with Crippen molar-refractivity contribution >= 4 is 0 Å². The predicted molar refractivity (Wildman–Crippen MR) is 79.2 cm³/mol. The molecule has 1 aromatic carbocycles. The van der Waals surface area contributed by atoms with Gasteiger partial charge >= 0.3 is 0 Å². The van der Waals surface area contributed by atoms with Gasteiger partial charge in [-0.25, -0.2) is 0 Å². The molecule has 19 heavy (non-hydrogen) atoms. The van der Waals surface area contributed by atoms with Gasteiger partial charge in [-0.15, -0.1) is 0 Å². The summed E-state index contributed by atoms with van der Waals surface area (Å²) >= 11 is 0. The minimum absolute atomic E-state index is 0.359. The lowest BCUT2D eigenvalue weighted by Gasteiger charge is -2.26. The highest BCUT2D eigenvalue weighted by Crippen LogP contribution is 2.08. The van der Waals surface area contributed by atoms with Crippen molar-refractivity contribution in [3.63, 3.8) is 0 Å². The summed E-state index contributed by atoms with van der Waals surface area (Å²) in [6.45, 7) is 12.0. The molecule has 0 radical (unpaired) electrons. The maximum Gasteiger partial charge on any atom is 0.128 e. The molecule has 108 valence electrons. The lowest BCUT2D eigenvalue weighted by atomic mass is 10.1. The van der Waals surface area contributed by atoms with E-state index in [2.05, 4.69) is 33.0 Å². The van der Waals surface area contributed by atoms with Crippen molar-refractivity contribution in [1.29, 1.82) is 0 Å².